The lowest BCUT2D eigenvalue weighted by Crippen LogP contribution is -2.17. The number of nitrogens with zero attached hydrogens (tertiary/aromatic N) is 2. The zero-order valence-electron chi connectivity index (χ0n) is 11.5. The van der Waals surface area contributed by atoms with Gasteiger partial charge in [-0.1, -0.05) is 23.7 Å². The van der Waals surface area contributed by atoms with Gasteiger partial charge in [-0.25, -0.2) is 4.98 Å². The Morgan fingerprint density at radius 3 is 2.80 bits per heavy atom. The Morgan fingerprint density at radius 1 is 1.35 bits per heavy atom. The van der Waals surface area contributed by atoms with Gasteiger partial charge >= 0.3 is 0 Å². The number of benzene rings is 1. The summed E-state index contributed by atoms with van der Waals surface area (Å²) in [6.07, 6.45) is 2.63. The van der Waals surface area contributed by atoms with Gasteiger partial charge in [0.15, 0.2) is 5.13 Å². The van der Waals surface area contributed by atoms with Crippen LogP contribution in [0.3, 0.4) is 0 Å². The predicted octanol–water partition coefficient (Wildman–Crippen LogP) is 3.68. The lowest BCUT2D eigenvalue weighted by atomic mass is 10.2. The Labute approximate surface area is 128 Å². The summed E-state index contributed by atoms with van der Waals surface area (Å²) in [6, 6.07) is 8.70. The molecule has 1 N–H and O–H groups in total. The van der Waals surface area contributed by atoms with Gasteiger partial charge in [-0.05, 0) is 30.5 Å². The molecule has 1 saturated carbocycles. The predicted molar refractivity (Wildman–Crippen MR) is 85.5 cm³/mol. The first-order valence-corrected chi connectivity index (χ1v) is 8.10. The monoisotopic (exact) mass is 307 g/mol. The molecule has 3 nitrogen and oxygen atoms in total. The van der Waals surface area contributed by atoms with Crippen LogP contribution >= 0.6 is 22.9 Å². The number of hydrogen-bond acceptors (Lipinski definition) is 4. The minimum absolute atomic E-state index is 0.729. The third kappa shape index (κ3) is 3.72. The van der Waals surface area contributed by atoms with Gasteiger partial charge in [0.1, 0.15) is 0 Å². The average molecular weight is 308 g/mol. The molecule has 1 aromatic carbocycles. The lowest BCUT2D eigenvalue weighted by Gasteiger charge is -2.15. The highest BCUT2D eigenvalue weighted by molar-refractivity contribution is 7.13. The molecule has 3 rings (SSSR count). The van der Waals surface area contributed by atoms with E-state index in [1.54, 1.807) is 11.3 Å². The Balaban J connectivity index is 1.58. The molecule has 0 bridgehead atoms. The van der Waals surface area contributed by atoms with Crippen molar-refractivity contribution in [1.29, 1.82) is 0 Å². The van der Waals surface area contributed by atoms with Crippen molar-refractivity contribution in [2.24, 2.45) is 0 Å². The van der Waals surface area contributed by atoms with Crippen molar-refractivity contribution >= 4 is 28.1 Å². The normalized spacial score (nSPS) is 14.5. The minimum Gasteiger partial charge on any atom is -0.347 e. The standard InChI is InChI=1S/C15H18ClN3S/c1-19(9-11-2-4-12(16)5-3-11)15-18-14(10-20-15)8-17-13-6-7-13/h2-5,10,13,17H,6-9H2,1H3. The number of rotatable bonds is 6. The maximum Gasteiger partial charge on any atom is 0.185 e. The third-order valence-electron chi connectivity index (χ3n) is 3.35. The van der Waals surface area contributed by atoms with Crippen molar-refractivity contribution in [2.75, 3.05) is 11.9 Å². The van der Waals surface area contributed by atoms with E-state index in [-0.39, 0.29) is 0 Å². The lowest BCUT2D eigenvalue weighted by molar-refractivity contribution is 0.676. The van der Waals surface area contributed by atoms with Crippen molar-refractivity contribution in [3.8, 4) is 0 Å². The number of nitrogens with one attached hydrogen (secondary N) is 1. The van der Waals surface area contributed by atoms with E-state index in [0.29, 0.717) is 0 Å². The second-order valence-corrected chi connectivity index (χ2v) is 6.53. The fourth-order valence-corrected chi connectivity index (χ4v) is 2.94. The van der Waals surface area contributed by atoms with Crippen LogP contribution in [0.2, 0.25) is 5.02 Å². The second-order valence-electron chi connectivity index (χ2n) is 5.26. The van der Waals surface area contributed by atoms with Crippen LogP contribution in [0, 0.1) is 0 Å². The Morgan fingerprint density at radius 2 is 2.10 bits per heavy atom. The van der Waals surface area contributed by atoms with Gasteiger partial charge in [0.25, 0.3) is 0 Å². The number of hydrogen-bond donors (Lipinski definition) is 1. The molecule has 0 spiro atoms. The van der Waals surface area contributed by atoms with Crippen molar-refractivity contribution < 1.29 is 0 Å². The number of halogens is 1. The molecule has 106 valence electrons. The maximum absolute atomic E-state index is 5.90. The highest BCUT2D eigenvalue weighted by Crippen LogP contribution is 2.23. The van der Waals surface area contributed by atoms with E-state index >= 15 is 0 Å². The van der Waals surface area contributed by atoms with Crippen molar-refractivity contribution in [3.63, 3.8) is 0 Å². The van der Waals surface area contributed by atoms with Gasteiger partial charge < -0.3 is 10.2 Å². The molecular formula is C15H18ClN3S. The molecule has 5 heteroatoms. The van der Waals surface area contributed by atoms with Gasteiger partial charge in [-0.3, -0.25) is 0 Å². The van der Waals surface area contributed by atoms with E-state index in [1.807, 2.05) is 12.1 Å². The first-order valence-electron chi connectivity index (χ1n) is 6.84. The summed E-state index contributed by atoms with van der Waals surface area (Å²) in [5, 5.41) is 7.47. The quantitative estimate of drug-likeness (QED) is 0.882. The molecule has 1 aromatic heterocycles. The molecule has 2 aromatic rings. The van der Waals surface area contributed by atoms with E-state index < -0.39 is 0 Å². The van der Waals surface area contributed by atoms with Gasteiger partial charge in [-0.15, -0.1) is 11.3 Å². The van der Waals surface area contributed by atoms with Crippen LogP contribution in [-0.4, -0.2) is 18.1 Å². The minimum atomic E-state index is 0.729. The molecule has 20 heavy (non-hydrogen) atoms. The fourth-order valence-electron chi connectivity index (χ4n) is 2.02. The van der Waals surface area contributed by atoms with Crippen LogP contribution in [0.5, 0.6) is 0 Å². The van der Waals surface area contributed by atoms with Crippen LogP contribution in [0.15, 0.2) is 29.6 Å². The van der Waals surface area contributed by atoms with Crippen molar-refractivity contribution in [2.45, 2.75) is 32.0 Å². The van der Waals surface area contributed by atoms with Crippen molar-refractivity contribution in [3.05, 3.63) is 45.9 Å². The second kappa shape index (κ2) is 6.12. The number of thiazole rings is 1. The Hall–Kier alpha value is -1.10. The van der Waals surface area contributed by atoms with Crippen LogP contribution in [0.4, 0.5) is 5.13 Å². The van der Waals surface area contributed by atoms with Gasteiger partial charge in [0, 0.05) is 36.6 Å². The van der Waals surface area contributed by atoms with E-state index in [9.17, 15) is 0 Å². The average Bonchev–Trinajstić information content (AvgIpc) is 3.15. The highest BCUT2D eigenvalue weighted by Gasteiger charge is 2.20. The maximum atomic E-state index is 5.90. The zero-order chi connectivity index (χ0) is 13.9. The summed E-state index contributed by atoms with van der Waals surface area (Å²) < 4.78 is 0. The number of aromatic nitrogens is 1. The molecule has 0 aliphatic heterocycles. The molecule has 1 heterocycles. The molecule has 1 aliphatic carbocycles. The third-order valence-corrected chi connectivity index (χ3v) is 4.60. The largest absolute Gasteiger partial charge is 0.347 e. The van der Waals surface area contributed by atoms with Crippen LogP contribution in [-0.2, 0) is 13.1 Å². The first kappa shape index (κ1) is 13.9. The summed E-state index contributed by atoms with van der Waals surface area (Å²) in [5.41, 5.74) is 2.38. The summed E-state index contributed by atoms with van der Waals surface area (Å²) in [6.45, 7) is 1.73. The SMILES string of the molecule is CN(Cc1ccc(Cl)cc1)c1nc(CNC2CC2)cs1. The molecule has 1 aliphatic rings. The van der Waals surface area contributed by atoms with Gasteiger partial charge in [0.05, 0.1) is 5.69 Å². The molecule has 0 amide bonds. The van der Waals surface area contributed by atoms with Crippen LogP contribution in [0.25, 0.3) is 0 Å². The summed E-state index contributed by atoms with van der Waals surface area (Å²) in [4.78, 5) is 6.85. The van der Waals surface area contributed by atoms with E-state index in [0.717, 1.165) is 35.0 Å². The van der Waals surface area contributed by atoms with Crippen LogP contribution in [0.1, 0.15) is 24.1 Å². The molecule has 0 radical (unpaired) electrons. The van der Waals surface area contributed by atoms with Crippen LogP contribution < -0.4 is 10.2 Å². The molecule has 1 fully saturated rings. The first-order chi connectivity index (χ1) is 9.70. The van der Waals surface area contributed by atoms with Crippen molar-refractivity contribution in [1.82, 2.24) is 10.3 Å². The molecular weight excluding hydrogens is 290 g/mol. The smallest absolute Gasteiger partial charge is 0.185 e. The van der Waals surface area contributed by atoms with E-state index in [2.05, 4.69) is 39.8 Å². The topological polar surface area (TPSA) is 28.2 Å². The number of anilines is 1. The van der Waals surface area contributed by atoms with E-state index in [4.69, 9.17) is 11.6 Å². The summed E-state index contributed by atoms with van der Waals surface area (Å²) in [7, 11) is 2.07. The molecule has 0 atom stereocenters. The fraction of sp³-hybridized carbons (Fsp3) is 0.400. The summed E-state index contributed by atoms with van der Waals surface area (Å²) >= 11 is 7.60. The molecule has 0 unspecified atom stereocenters. The highest BCUT2D eigenvalue weighted by atomic mass is 35.5. The Kier molecular flexibility index (Phi) is 4.24. The van der Waals surface area contributed by atoms with E-state index in [1.165, 1.54) is 18.4 Å². The summed E-state index contributed by atoms with van der Waals surface area (Å²) in [5.74, 6) is 0. The zero-order valence-corrected chi connectivity index (χ0v) is 13.0. The van der Waals surface area contributed by atoms with Gasteiger partial charge in [0.2, 0.25) is 0 Å². The van der Waals surface area contributed by atoms with Gasteiger partial charge in [-0.2, -0.15) is 0 Å². The Bertz CT molecular complexity index is 563. The molecule has 0 saturated heterocycles.